The molecule has 6 N–H and O–H groups in total. The van der Waals surface area contributed by atoms with Gasteiger partial charge < -0.3 is 40.2 Å². The number of aromatic carboxylic acids is 2. The number of carboxylic acid groups (broad SMARTS) is 4. The molecule has 5 aromatic carbocycles. The van der Waals surface area contributed by atoms with E-state index in [1.54, 1.807) is 48.5 Å². The third-order valence-corrected chi connectivity index (χ3v) is 9.90. The quantitative estimate of drug-likeness (QED) is 0.0257. The van der Waals surface area contributed by atoms with Gasteiger partial charge in [0.2, 0.25) is 5.76 Å². The molecule has 0 unspecified atom stereocenters. The third kappa shape index (κ3) is 17.4. The molecule has 0 radical (unpaired) electrons. The number of nitrogens with zero attached hydrogens (tertiary/aromatic N) is 1. The van der Waals surface area contributed by atoms with Gasteiger partial charge in [-0.25, -0.2) is 9.59 Å². The van der Waals surface area contributed by atoms with E-state index in [2.05, 4.69) is 26.6 Å². The molecule has 366 valence electrons. The molecule has 1 aromatic heterocycles. The van der Waals surface area contributed by atoms with Crippen LogP contribution >= 0.6 is 27.5 Å². The summed E-state index contributed by atoms with van der Waals surface area (Å²) in [5, 5.41) is 50.2. The van der Waals surface area contributed by atoms with Crippen molar-refractivity contribution in [3.63, 3.8) is 0 Å². The number of methoxy groups -OCH3 is 1. The number of carboxylic acids is 4. The summed E-state index contributed by atoms with van der Waals surface area (Å²) in [6.07, 6.45) is -3.48. The van der Waals surface area contributed by atoms with Crippen LogP contribution in [0.5, 0.6) is 5.75 Å². The third-order valence-electron chi connectivity index (χ3n) is 8.80. The molecule has 0 atom stereocenters. The Kier molecular flexibility index (Phi) is 21.5. The van der Waals surface area contributed by atoms with Gasteiger partial charge in [-0.3, -0.25) is 34.1 Å². The number of carbonyl (C=O) groups is 6. The summed E-state index contributed by atoms with van der Waals surface area (Å²) >= 11 is 8.64. The van der Waals surface area contributed by atoms with Crippen molar-refractivity contribution in [1.82, 2.24) is 10.6 Å². The number of fused-ring (bicyclic) bond motifs is 1. The summed E-state index contributed by atoms with van der Waals surface area (Å²) in [5.41, 5.74) is 0.330. The number of halogens is 5. The maximum Gasteiger partial charge on any atom is 0.416 e. The molecule has 0 bridgehead atoms. The molecular formula is C47H38BrClF3N3O15. The Bertz CT molecular complexity index is 2920. The molecule has 6 rings (SSSR count). The molecule has 0 fully saturated rings. The topological polar surface area (TPSA) is 290 Å². The normalized spacial score (nSPS) is 10.6. The molecule has 18 nitrogen and oxygen atoms in total. The van der Waals surface area contributed by atoms with E-state index in [-0.39, 0.29) is 56.8 Å². The predicted molar refractivity (Wildman–Crippen MR) is 250 cm³/mol. The first kappa shape index (κ1) is 56.0. The van der Waals surface area contributed by atoms with Crippen molar-refractivity contribution in [3.05, 3.63) is 191 Å². The summed E-state index contributed by atoms with van der Waals surface area (Å²) in [6.45, 7) is -0.0263. The van der Waals surface area contributed by atoms with E-state index in [0.717, 1.165) is 23.8 Å². The van der Waals surface area contributed by atoms with E-state index in [1.165, 1.54) is 49.6 Å². The van der Waals surface area contributed by atoms with Crippen LogP contribution in [-0.2, 0) is 32.9 Å². The number of hydrogen-bond acceptors (Lipinski definition) is 11. The fraction of sp³-hybridized carbons (Fsp3) is 0.128. The maximum absolute atomic E-state index is 12.3. The first-order valence-corrected chi connectivity index (χ1v) is 21.0. The van der Waals surface area contributed by atoms with E-state index in [0.29, 0.717) is 16.9 Å². The van der Waals surface area contributed by atoms with Crippen molar-refractivity contribution < 1.29 is 76.4 Å². The number of aliphatic carboxylic acids is 2. The van der Waals surface area contributed by atoms with Gasteiger partial charge in [-0.2, -0.15) is 13.2 Å². The minimum Gasteiger partial charge on any atom is -0.496 e. The predicted octanol–water partition coefficient (Wildman–Crippen LogP) is 8.68. The van der Waals surface area contributed by atoms with Crippen molar-refractivity contribution in [1.29, 1.82) is 0 Å². The summed E-state index contributed by atoms with van der Waals surface area (Å²) in [7, 11) is 1.45. The molecule has 1 heterocycles. The van der Waals surface area contributed by atoms with Crippen LogP contribution < -0.4 is 20.8 Å². The Morgan fingerprint density at radius 1 is 0.829 bits per heavy atom. The van der Waals surface area contributed by atoms with Gasteiger partial charge in [0, 0.05) is 24.2 Å². The summed E-state index contributed by atoms with van der Waals surface area (Å²) in [5.74, 6) is -5.56. The lowest BCUT2D eigenvalue weighted by molar-refractivity contribution is -0.385. The van der Waals surface area contributed by atoms with Gasteiger partial charge in [-0.1, -0.05) is 72.8 Å². The van der Waals surface area contributed by atoms with Gasteiger partial charge in [0.15, 0.2) is 5.43 Å². The van der Waals surface area contributed by atoms with Crippen LogP contribution in [0.1, 0.15) is 59.9 Å². The van der Waals surface area contributed by atoms with Crippen molar-refractivity contribution >= 4 is 86.0 Å². The fourth-order valence-electron chi connectivity index (χ4n) is 5.57. The fourth-order valence-corrected chi connectivity index (χ4v) is 6.41. The molecule has 0 saturated carbocycles. The smallest absolute Gasteiger partial charge is 0.416 e. The number of nitro benzene ring substituents is 1. The number of benzene rings is 5. The van der Waals surface area contributed by atoms with E-state index < -0.39 is 70.0 Å². The molecule has 0 spiro atoms. The molecule has 0 aliphatic carbocycles. The van der Waals surface area contributed by atoms with E-state index in [4.69, 9.17) is 41.2 Å². The Morgan fingerprint density at radius 2 is 1.46 bits per heavy atom. The van der Waals surface area contributed by atoms with Crippen LogP contribution in [0.2, 0.25) is 0 Å². The van der Waals surface area contributed by atoms with Crippen molar-refractivity contribution in [3.8, 4) is 5.75 Å². The van der Waals surface area contributed by atoms with Crippen LogP contribution in [0.15, 0.2) is 141 Å². The average molecular weight is 1060 g/mol. The highest BCUT2D eigenvalue weighted by Gasteiger charge is 2.30. The molecule has 0 aliphatic heterocycles. The van der Waals surface area contributed by atoms with Crippen LogP contribution in [0.3, 0.4) is 0 Å². The largest absolute Gasteiger partial charge is 0.496 e. The van der Waals surface area contributed by atoms with Crippen LogP contribution in [0, 0.1) is 10.1 Å². The van der Waals surface area contributed by atoms with Crippen LogP contribution in [0.25, 0.3) is 17.0 Å². The number of alkyl halides is 4. The molecule has 0 aliphatic rings. The highest BCUT2D eigenvalue weighted by atomic mass is 79.9. The zero-order chi connectivity index (χ0) is 52.1. The van der Waals surface area contributed by atoms with Gasteiger partial charge in [0.1, 0.15) is 21.5 Å². The minimum atomic E-state index is -4.42. The van der Waals surface area contributed by atoms with E-state index in [9.17, 15) is 56.8 Å². The second-order valence-electron chi connectivity index (χ2n) is 13.7. The van der Waals surface area contributed by atoms with Crippen molar-refractivity contribution in [2.45, 2.75) is 24.9 Å². The lowest BCUT2D eigenvalue weighted by Gasteiger charge is -2.11. The van der Waals surface area contributed by atoms with Crippen molar-refractivity contribution in [2.75, 3.05) is 13.7 Å². The van der Waals surface area contributed by atoms with Gasteiger partial charge in [-0.15, -0.1) is 11.6 Å². The molecule has 23 heteroatoms. The monoisotopic (exact) mass is 1060 g/mol. The molecule has 0 saturated heterocycles. The van der Waals surface area contributed by atoms with Crippen molar-refractivity contribution in [2.24, 2.45) is 0 Å². The summed E-state index contributed by atoms with van der Waals surface area (Å²) < 4.78 is 46.8. The van der Waals surface area contributed by atoms with Gasteiger partial charge in [-0.05, 0) is 69.5 Å². The minimum absolute atomic E-state index is 0.00694. The zero-order valence-electron chi connectivity index (χ0n) is 36.1. The Morgan fingerprint density at radius 3 is 2.00 bits per heavy atom. The Labute approximate surface area is 406 Å². The van der Waals surface area contributed by atoms with Gasteiger partial charge in [0.05, 0.1) is 52.8 Å². The van der Waals surface area contributed by atoms with E-state index in [1.807, 2.05) is 18.2 Å². The maximum atomic E-state index is 12.3. The SMILES string of the molecule is COc1ccc2c(=O)cc(C(=O)O)oc2c1CCl.O=C(O)CCNC(=O)C(=Cc1ccccc1)NC(=O)c1ccccc1.O=C(O)Cc1cccc(C(F)(F)F)c1.O=C(O)c1cccc([N+](=O)[O-])c1Br. The first-order valence-electron chi connectivity index (χ1n) is 19.7. The Hall–Kier alpha value is -8.37. The number of rotatable bonds is 14. The number of hydrogen-bond donors (Lipinski definition) is 6. The highest BCUT2D eigenvalue weighted by Crippen LogP contribution is 2.31. The highest BCUT2D eigenvalue weighted by molar-refractivity contribution is 9.10. The van der Waals surface area contributed by atoms with Gasteiger partial charge >= 0.3 is 30.1 Å². The molecular weight excluding hydrogens is 1020 g/mol. The summed E-state index contributed by atoms with van der Waals surface area (Å²) in [4.78, 5) is 88.3. The first-order chi connectivity index (χ1) is 33.1. The number of carbonyl (C=O) groups excluding carboxylic acids is 2. The van der Waals surface area contributed by atoms with Crippen LogP contribution in [-0.4, -0.2) is 74.7 Å². The molecule has 2 amide bonds. The molecule has 6 aromatic rings. The standard InChI is InChI=1S/C19H18N2O4.C12H9ClO5.C9H7F3O2.C7H4BrNO4/c22-17(23)11-12-20-19(25)16(13-14-7-3-1-4-8-14)21-18(24)15-9-5-2-6-10-15;1-17-9-3-2-6-8(14)4-10(12(15)16)18-11(6)7(9)5-13;10-9(11,12)7-3-1-2-6(4-7)5-8(13)14;8-6-4(7(10)11)2-1-3-5(6)9(12)13/h1-10,13H,11-12H2,(H,20,25)(H,21,24)(H,22,23);2-4H,5H2,1H3,(H,15,16);1-4H,5H2,(H,13,14);1-3H,(H,10,11). The van der Waals surface area contributed by atoms with E-state index >= 15 is 0 Å². The average Bonchev–Trinajstić information content (AvgIpc) is 3.31. The lowest BCUT2D eigenvalue weighted by Crippen LogP contribution is -2.35. The number of nitrogens with one attached hydrogen (secondary N) is 2. The Balaban J connectivity index is 0.000000256. The lowest BCUT2D eigenvalue weighted by atomic mass is 10.1. The number of nitro groups is 1. The second kappa shape index (κ2) is 26.8. The number of ether oxygens (including phenoxy) is 1. The zero-order valence-corrected chi connectivity index (χ0v) is 38.4. The van der Waals surface area contributed by atoms with Gasteiger partial charge in [0.25, 0.3) is 17.5 Å². The molecule has 70 heavy (non-hydrogen) atoms. The van der Waals surface area contributed by atoms with Crippen LogP contribution in [0.4, 0.5) is 18.9 Å². The number of amides is 2. The second-order valence-corrected chi connectivity index (χ2v) is 14.8. The summed E-state index contributed by atoms with van der Waals surface area (Å²) in [6, 6.07) is 29.7.